The van der Waals surface area contributed by atoms with Gasteiger partial charge in [-0.05, 0) is 60.9 Å². The van der Waals surface area contributed by atoms with E-state index in [1.54, 1.807) is 30.3 Å². The highest BCUT2D eigenvalue weighted by Crippen LogP contribution is 2.23. The van der Waals surface area contributed by atoms with Crippen molar-refractivity contribution in [1.82, 2.24) is 0 Å². The molecule has 0 unspecified atom stereocenters. The maximum Gasteiger partial charge on any atom is 0.343 e. The van der Waals surface area contributed by atoms with Crippen molar-refractivity contribution in [1.29, 1.82) is 5.26 Å². The zero-order valence-corrected chi connectivity index (χ0v) is 22.4. The van der Waals surface area contributed by atoms with Gasteiger partial charge in [-0.1, -0.05) is 18.9 Å². The molecule has 0 amide bonds. The third-order valence-electron chi connectivity index (χ3n) is 5.98. The molecule has 0 spiro atoms. The smallest absolute Gasteiger partial charge is 0.343 e. The summed E-state index contributed by atoms with van der Waals surface area (Å²) >= 11 is 0. The van der Waals surface area contributed by atoms with Crippen molar-refractivity contribution in [2.45, 2.75) is 38.5 Å². The van der Waals surface area contributed by atoms with Gasteiger partial charge in [0.1, 0.15) is 23.1 Å². The standard InChI is InChI=1S/C31H31F2N3O5/c32-27-19-25(41-31(38)22-7-10-24(11-8-22)39-16-5-3-1-2-4-15-34)20-28(33)26(27)12-13-30(37)40-17-14-21-6-9-23(35)18-29(21)36/h6-13,18-20H,1-5,14,16-17,35-36H2/b13-12+. The van der Waals surface area contributed by atoms with Gasteiger partial charge in [-0.25, -0.2) is 18.4 Å². The summed E-state index contributed by atoms with van der Waals surface area (Å²) in [5, 5.41) is 8.53. The van der Waals surface area contributed by atoms with Crippen LogP contribution < -0.4 is 20.9 Å². The lowest BCUT2D eigenvalue weighted by Gasteiger charge is -2.09. The Hall–Kier alpha value is -4.91. The summed E-state index contributed by atoms with van der Waals surface area (Å²) in [5.74, 6) is -3.41. The number of nitrogen functional groups attached to an aromatic ring is 2. The van der Waals surface area contributed by atoms with E-state index in [0.717, 1.165) is 55.5 Å². The van der Waals surface area contributed by atoms with Crippen LogP contribution in [0.1, 0.15) is 53.6 Å². The van der Waals surface area contributed by atoms with Crippen LogP contribution in [0.15, 0.2) is 60.7 Å². The maximum atomic E-state index is 14.6. The molecule has 0 aliphatic heterocycles. The van der Waals surface area contributed by atoms with Crippen LogP contribution in [-0.4, -0.2) is 25.2 Å². The number of benzene rings is 3. The first-order valence-electron chi connectivity index (χ1n) is 13.1. The quantitative estimate of drug-likeness (QED) is 0.0801. The molecule has 3 rings (SSSR count). The summed E-state index contributed by atoms with van der Waals surface area (Å²) in [6.07, 6.45) is 6.39. The van der Waals surface area contributed by atoms with Crippen LogP contribution in [0.3, 0.4) is 0 Å². The molecular formula is C31H31F2N3O5. The zero-order valence-electron chi connectivity index (χ0n) is 22.4. The molecule has 8 nitrogen and oxygen atoms in total. The van der Waals surface area contributed by atoms with E-state index in [1.807, 2.05) is 0 Å². The number of nitrogens with two attached hydrogens (primary N) is 2. The van der Waals surface area contributed by atoms with Gasteiger partial charge in [0.15, 0.2) is 0 Å². The molecule has 0 aliphatic rings. The Bertz CT molecular complexity index is 1400. The van der Waals surface area contributed by atoms with Crippen molar-refractivity contribution >= 4 is 29.4 Å². The van der Waals surface area contributed by atoms with E-state index in [9.17, 15) is 18.4 Å². The van der Waals surface area contributed by atoms with Crippen molar-refractivity contribution in [3.63, 3.8) is 0 Å². The van der Waals surface area contributed by atoms with Crippen molar-refractivity contribution in [2.75, 3.05) is 24.7 Å². The fourth-order valence-electron chi connectivity index (χ4n) is 3.78. The van der Waals surface area contributed by atoms with Gasteiger partial charge in [0.05, 0.1) is 24.8 Å². The lowest BCUT2D eigenvalue weighted by Crippen LogP contribution is -2.09. The Labute approximate surface area is 237 Å². The average Bonchev–Trinajstić information content (AvgIpc) is 2.93. The predicted molar refractivity (Wildman–Crippen MR) is 151 cm³/mol. The Balaban J connectivity index is 1.48. The van der Waals surface area contributed by atoms with Gasteiger partial charge in [0, 0.05) is 48.0 Å². The Morgan fingerprint density at radius 2 is 1.59 bits per heavy atom. The predicted octanol–water partition coefficient (Wildman–Crippen LogP) is 6.00. The molecule has 0 bridgehead atoms. The minimum absolute atomic E-state index is 0.00840. The Morgan fingerprint density at radius 3 is 2.27 bits per heavy atom. The number of unbranched alkanes of at least 4 members (excludes halogenated alkanes) is 4. The third kappa shape index (κ3) is 9.97. The molecule has 3 aromatic carbocycles. The molecule has 3 aromatic rings. The number of ether oxygens (including phenoxy) is 3. The Kier molecular flexibility index (Phi) is 11.7. The highest BCUT2D eigenvalue weighted by Gasteiger charge is 2.15. The largest absolute Gasteiger partial charge is 0.494 e. The van der Waals surface area contributed by atoms with Gasteiger partial charge in [-0.15, -0.1) is 0 Å². The van der Waals surface area contributed by atoms with Gasteiger partial charge in [0.25, 0.3) is 0 Å². The van der Waals surface area contributed by atoms with Gasteiger partial charge in [-0.3, -0.25) is 0 Å². The van der Waals surface area contributed by atoms with Gasteiger partial charge in [-0.2, -0.15) is 5.26 Å². The van der Waals surface area contributed by atoms with E-state index >= 15 is 0 Å². The van der Waals surface area contributed by atoms with Crippen LogP contribution in [0, 0.1) is 23.0 Å². The van der Waals surface area contributed by atoms with Crippen molar-refractivity contribution in [2.24, 2.45) is 0 Å². The summed E-state index contributed by atoms with van der Waals surface area (Å²) in [5.41, 5.74) is 12.9. The van der Waals surface area contributed by atoms with E-state index in [-0.39, 0.29) is 17.9 Å². The molecule has 0 saturated heterocycles. The molecule has 41 heavy (non-hydrogen) atoms. The third-order valence-corrected chi connectivity index (χ3v) is 5.98. The van der Waals surface area contributed by atoms with Crippen LogP contribution in [0.5, 0.6) is 11.5 Å². The molecule has 0 aliphatic carbocycles. The first-order valence-corrected chi connectivity index (χ1v) is 13.1. The van der Waals surface area contributed by atoms with E-state index < -0.39 is 29.1 Å². The highest BCUT2D eigenvalue weighted by molar-refractivity contribution is 5.91. The summed E-state index contributed by atoms with van der Waals surface area (Å²) in [4.78, 5) is 24.4. The molecule has 0 atom stereocenters. The first-order chi connectivity index (χ1) is 19.8. The van der Waals surface area contributed by atoms with Gasteiger partial charge < -0.3 is 25.7 Å². The SMILES string of the molecule is N#CCCCCCCOc1ccc(C(=O)Oc2cc(F)c(/C=C/C(=O)OCCc3ccc(N)cc3N)c(F)c2)cc1. The van der Waals surface area contributed by atoms with Crippen LogP contribution >= 0.6 is 0 Å². The average molecular weight is 564 g/mol. The second-order valence-corrected chi connectivity index (χ2v) is 9.09. The first kappa shape index (κ1) is 30.6. The van der Waals surface area contributed by atoms with Crippen LogP contribution in [-0.2, 0) is 16.0 Å². The topological polar surface area (TPSA) is 138 Å². The molecule has 0 fully saturated rings. The molecule has 10 heteroatoms. The number of halogens is 2. The van der Waals surface area contributed by atoms with E-state index in [4.69, 9.17) is 30.9 Å². The van der Waals surface area contributed by atoms with E-state index in [2.05, 4.69) is 6.07 Å². The lowest BCUT2D eigenvalue weighted by molar-refractivity contribution is -0.137. The number of anilines is 2. The summed E-state index contributed by atoms with van der Waals surface area (Å²) in [7, 11) is 0. The second kappa shape index (κ2) is 15.6. The minimum Gasteiger partial charge on any atom is -0.494 e. The highest BCUT2D eigenvalue weighted by atomic mass is 19.1. The summed E-state index contributed by atoms with van der Waals surface area (Å²) < 4.78 is 45.0. The number of rotatable bonds is 14. The van der Waals surface area contributed by atoms with Crippen molar-refractivity contribution < 1.29 is 32.6 Å². The van der Waals surface area contributed by atoms with Crippen LogP contribution in [0.25, 0.3) is 6.08 Å². The molecule has 0 saturated carbocycles. The van der Waals surface area contributed by atoms with Crippen molar-refractivity contribution in [3.05, 3.63) is 89.0 Å². The molecule has 0 heterocycles. The molecule has 0 radical (unpaired) electrons. The lowest BCUT2D eigenvalue weighted by atomic mass is 10.1. The number of nitriles is 1. The molecule has 0 aromatic heterocycles. The normalized spacial score (nSPS) is 10.8. The zero-order chi connectivity index (χ0) is 29.6. The van der Waals surface area contributed by atoms with Crippen LogP contribution in [0.2, 0.25) is 0 Å². The second-order valence-electron chi connectivity index (χ2n) is 9.09. The van der Waals surface area contributed by atoms with Gasteiger partial charge >= 0.3 is 11.9 Å². The number of hydrogen-bond acceptors (Lipinski definition) is 8. The molecule has 4 N–H and O–H groups in total. The fraction of sp³-hybridized carbons (Fsp3) is 0.258. The minimum atomic E-state index is -1.03. The maximum absolute atomic E-state index is 14.6. The number of nitrogens with zero attached hydrogens (tertiary/aromatic N) is 1. The fourth-order valence-corrected chi connectivity index (χ4v) is 3.78. The number of carbonyl (C=O) groups excluding carboxylic acids is 2. The summed E-state index contributed by atoms with van der Waals surface area (Å²) in [6.45, 7) is 0.515. The summed E-state index contributed by atoms with van der Waals surface area (Å²) in [6, 6.07) is 15.0. The number of esters is 2. The van der Waals surface area contributed by atoms with E-state index in [0.29, 0.717) is 36.6 Å². The van der Waals surface area contributed by atoms with Crippen LogP contribution in [0.4, 0.5) is 20.2 Å². The Morgan fingerprint density at radius 1 is 0.878 bits per heavy atom. The van der Waals surface area contributed by atoms with Gasteiger partial charge in [0.2, 0.25) is 0 Å². The monoisotopic (exact) mass is 563 g/mol. The number of carbonyl (C=O) groups is 2. The number of hydrogen-bond donors (Lipinski definition) is 2. The molecular weight excluding hydrogens is 532 g/mol. The molecule has 214 valence electrons. The van der Waals surface area contributed by atoms with Crippen molar-refractivity contribution in [3.8, 4) is 17.6 Å². The van der Waals surface area contributed by atoms with E-state index in [1.165, 1.54) is 12.1 Å².